The van der Waals surface area contributed by atoms with E-state index < -0.39 is 5.92 Å². The Labute approximate surface area is 172 Å². The number of rotatable bonds is 4. The summed E-state index contributed by atoms with van der Waals surface area (Å²) in [5, 5.41) is 7.15. The van der Waals surface area contributed by atoms with Crippen molar-refractivity contribution in [2.45, 2.75) is 27.2 Å². The summed E-state index contributed by atoms with van der Waals surface area (Å²) in [6.07, 6.45) is 0.131. The van der Waals surface area contributed by atoms with Gasteiger partial charge in [0.1, 0.15) is 5.82 Å². The lowest BCUT2D eigenvalue weighted by atomic mass is 10.1. The molecule has 2 amide bonds. The molecule has 1 fully saturated rings. The number of carbonyl (C=O) groups is 2. The van der Waals surface area contributed by atoms with Gasteiger partial charge in [0.2, 0.25) is 17.8 Å². The largest absolute Gasteiger partial charge is 0.312 e. The number of nitrogens with one attached hydrogen (secondary N) is 2. The lowest BCUT2D eigenvalue weighted by Crippen LogP contribution is -2.28. The van der Waals surface area contributed by atoms with Crippen LogP contribution in [0.4, 0.5) is 11.5 Å². The number of carbonyl (C=O) groups excluding carboxylic acids is 2. The van der Waals surface area contributed by atoms with Crippen molar-refractivity contribution in [2.24, 2.45) is 5.92 Å². The number of anilines is 2. The van der Waals surface area contributed by atoms with Gasteiger partial charge in [0.25, 0.3) is 5.56 Å². The Bertz CT molecular complexity index is 1180. The van der Waals surface area contributed by atoms with E-state index in [1.54, 1.807) is 24.8 Å². The molecule has 0 saturated carbocycles. The SMILES string of the molecule is Cc1ccc(N2C[C@@H](C(=O)Nc3cc(C)nn3-c3nc(C)cc(=O)[nH]3)CC2=O)cc1. The normalized spacial score (nSPS) is 16.2. The molecule has 1 aromatic carbocycles. The van der Waals surface area contributed by atoms with Gasteiger partial charge in [0.05, 0.1) is 11.6 Å². The molecule has 9 heteroatoms. The molecule has 3 heterocycles. The lowest BCUT2D eigenvalue weighted by molar-refractivity contribution is -0.122. The number of aryl methyl sites for hydroxylation is 3. The molecule has 0 unspecified atom stereocenters. The van der Waals surface area contributed by atoms with Crippen LogP contribution in [0.5, 0.6) is 0 Å². The van der Waals surface area contributed by atoms with Crippen LogP contribution in [0.1, 0.15) is 23.4 Å². The van der Waals surface area contributed by atoms with Crippen LogP contribution in [0, 0.1) is 26.7 Å². The second kappa shape index (κ2) is 7.58. The first kappa shape index (κ1) is 19.6. The second-order valence-corrected chi connectivity index (χ2v) is 7.52. The molecule has 0 radical (unpaired) electrons. The summed E-state index contributed by atoms with van der Waals surface area (Å²) in [7, 11) is 0. The molecule has 0 spiro atoms. The topological polar surface area (TPSA) is 113 Å². The average Bonchev–Trinajstić information content (AvgIpc) is 3.24. The minimum atomic E-state index is -0.494. The number of hydrogen-bond donors (Lipinski definition) is 2. The Morgan fingerprint density at radius 2 is 1.83 bits per heavy atom. The van der Waals surface area contributed by atoms with E-state index in [1.165, 1.54) is 10.7 Å². The minimum Gasteiger partial charge on any atom is -0.312 e. The van der Waals surface area contributed by atoms with Crippen molar-refractivity contribution in [2.75, 3.05) is 16.8 Å². The molecule has 1 atom stereocenters. The Balaban J connectivity index is 1.54. The Hall–Kier alpha value is -3.75. The van der Waals surface area contributed by atoms with E-state index in [1.807, 2.05) is 31.2 Å². The molecule has 0 bridgehead atoms. The van der Waals surface area contributed by atoms with Gasteiger partial charge in [-0.05, 0) is 32.9 Å². The van der Waals surface area contributed by atoms with Crippen LogP contribution >= 0.6 is 0 Å². The quantitative estimate of drug-likeness (QED) is 0.687. The zero-order valence-corrected chi connectivity index (χ0v) is 17.0. The van der Waals surface area contributed by atoms with Crippen LogP contribution < -0.4 is 15.8 Å². The highest BCUT2D eigenvalue weighted by molar-refractivity contribution is 6.03. The summed E-state index contributed by atoms with van der Waals surface area (Å²) < 4.78 is 1.39. The first-order valence-electron chi connectivity index (χ1n) is 9.63. The fourth-order valence-electron chi connectivity index (χ4n) is 3.50. The molecule has 1 aliphatic rings. The molecule has 3 aromatic rings. The molecule has 30 heavy (non-hydrogen) atoms. The molecule has 4 rings (SSSR count). The van der Waals surface area contributed by atoms with Crippen LogP contribution in [0.2, 0.25) is 0 Å². The maximum absolute atomic E-state index is 12.9. The van der Waals surface area contributed by atoms with Crippen molar-refractivity contribution in [3.8, 4) is 5.95 Å². The standard InChI is InChI=1S/C21H22N6O3/c1-12-4-6-16(7-5-12)26-11-15(10-19(26)29)20(30)23-17-8-14(3)25-27(17)21-22-13(2)9-18(28)24-21/h4-9,15H,10-11H2,1-3H3,(H,23,30)(H,22,24,28)/t15-/m0/s1. The highest BCUT2D eigenvalue weighted by Crippen LogP contribution is 2.26. The number of aromatic nitrogens is 4. The fraction of sp³-hybridized carbons (Fsp3) is 0.286. The lowest BCUT2D eigenvalue weighted by Gasteiger charge is -2.17. The van der Waals surface area contributed by atoms with Crippen molar-refractivity contribution in [1.82, 2.24) is 19.7 Å². The molecule has 2 aromatic heterocycles. The molecule has 1 aliphatic heterocycles. The molecule has 1 saturated heterocycles. The van der Waals surface area contributed by atoms with Crippen LogP contribution in [0.3, 0.4) is 0 Å². The van der Waals surface area contributed by atoms with Gasteiger partial charge in [0, 0.05) is 36.5 Å². The van der Waals surface area contributed by atoms with Gasteiger partial charge >= 0.3 is 0 Å². The molecule has 0 aliphatic carbocycles. The van der Waals surface area contributed by atoms with Crippen molar-refractivity contribution < 1.29 is 9.59 Å². The summed E-state index contributed by atoms with van der Waals surface area (Å²) in [6, 6.07) is 10.7. The number of hydrogen-bond acceptors (Lipinski definition) is 5. The summed E-state index contributed by atoms with van der Waals surface area (Å²) in [4.78, 5) is 45.7. The third kappa shape index (κ3) is 3.86. The second-order valence-electron chi connectivity index (χ2n) is 7.52. The summed E-state index contributed by atoms with van der Waals surface area (Å²) in [5.41, 5.74) is 2.76. The van der Waals surface area contributed by atoms with E-state index >= 15 is 0 Å². The van der Waals surface area contributed by atoms with Crippen molar-refractivity contribution in [1.29, 1.82) is 0 Å². The third-order valence-corrected chi connectivity index (χ3v) is 4.98. The maximum atomic E-state index is 12.9. The first-order valence-corrected chi connectivity index (χ1v) is 9.63. The molecular weight excluding hydrogens is 384 g/mol. The predicted molar refractivity (Wildman–Crippen MR) is 112 cm³/mol. The summed E-state index contributed by atoms with van der Waals surface area (Å²) in [6.45, 7) is 5.77. The Morgan fingerprint density at radius 3 is 2.53 bits per heavy atom. The van der Waals surface area contributed by atoms with Crippen molar-refractivity contribution in [3.05, 3.63) is 63.7 Å². The predicted octanol–water partition coefficient (Wildman–Crippen LogP) is 1.87. The van der Waals surface area contributed by atoms with Gasteiger partial charge in [0.15, 0.2) is 0 Å². The summed E-state index contributed by atoms with van der Waals surface area (Å²) >= 11 is 0. The summed E-state index contributed by atoms with van der Waals surface area (Å²) in [5.74, 6) is -0.269. The van der Waals surface area contributed by atoms with Crippen LogP contribution in [-0.2, 0) is 9.59 Å². The number of H-pyrrole nitrogens is 1. The van der Waals surface area contributed by atoms with Crippen molar-refractivity contribution in [3.63, 3.8) is 0 Å². The number of nitrogens with zero attached hydrogens (tertiary/aromatic N) is 4. The molecule has 9 nitrogen and oxygen atoms in total. The third-order valence-electron chi connectivity index (χ3n) is 4.98. The maximum Gasteiger partial charge on any atom is 0.252 e. The fourth-order valence-corrected chi connectivity index (χ4v) is 3.50. The van der Waals surface area contributed by atoms with E-state index in [9.17, 15) is 14.4 Å². The van der Waals surface area contributed by atoms with E-state index in [0.29, 0.717) is 23.8 Å². The highest BCUT2D eigenvalue weighted by Gasteiger charge is 2.35. The Morgan fingerprint density at radius 1 is 1.10 bits per heavy atom. The smallest absolute Gasteiger partial charge is 0.252 e. The zero-order chi connectivity index (χ0) is 21.4. The van der Waals surface area contributed by atoms with Crippen LogP contribution in [0.25, 0.3) is 5.95 Å². The number of benzene rings is 1. The average molecular weight is 406 g/mol. The van der Waals surface area contributed by atoms with Crippen molar-refractivity contribution >= 4 is 23.3 Å². The van der Waals surface area contributed by atoms with Gasteiger partial charge < -0.3 is 10.2 Å². The number of amides is 2. The van der Waals surface area contributed by atoms with Gasteiger partial charge in [-0.1, -0.05) is 17.7 Å². The monoisotopic (exact) mass is 406 g/mol. The van der Waals surface area contributed by atoms with E-state index in [4.69, 9.17) is 0 Å². The van der Waals surface area contributed by atoms with Gasteiger partial charge in [-0.25, -0.2) is 4.98 Å². The first-order chi connectivity index (χ1) is 14.3. The van der Waals surface area contributed by atoms with Gasteiger partial charge in [-0.2, -0.15) is 9.78 Å². The van der Waals surface area contributed by atoms with E-state index in [0.717, 1.165) is 11.3 Å². The van der Waals surface area contributed by atoms with Gasteiger partial charge in [-0.15, -0.1) is 0 Å². The number of aromatic amines is 1. The van der Waals surface area contributed by atoms with Crippen LogP contribution in [0.15, 0.2) is 41.2 Å². The van der Waals surface area contributed by atoms with Gasteiger partial charge in [-0.3, -0.25) is 19.4 Å². The minimum absolute atomic E-state index is 0.0895. The van der Waals surface area contributed by atoms with Crippen LogP contribution in [-0.4, -0.2) is 38.1 Å². The van der Waals surface area contributed by atoms with E-state index in [2.05, 4.69) is 20.4 Å². The highest BCUT2D eigenvalue weighted by atomic mass is 16.2. The molecular formula is C21H22N6O3. The molecule has 154 valence electrons. The Kier molecular flexibility index (Phi) is 4.94. The zero-order valence-electron chi connectivity index (χ0n) is 17.0. The van der Waals surface area contributed by atoms with E-state index in [-0.39, 0.29) is 29.7 Å². The molecule has 2 N–H and O–H groups in total.